The summed E-state index contributed by atoms with van der Waals surface area (Å²) < 4.78 is 39.1. The van der Waals surface area contributed by atoms with E-state index in [0.29, 0.717) is 5.92 Å². The van der Waals surface area contributed by atoms with Crippen molar-refractivity contribution in [3.8, 4) is 0 Å². The monoisotopic (exact) mass is 308 g/mol. The van der Waals surface area contributed by atoms with Crippen LogP contribution in [0.4, 0.5) is 18.0 Å². The highest BCUT2D eigenvalue weighted by molar-refractivity contribution is 5.80. The Morgan fingerprint density at radius 2 is 2.00 bits per heavy atom. The molecule has 0 bridgehead atoms. The van der Waals surface area contributed by atoms with Gasteiger partial charge < -0.3 is 15.3 Å². The molecule has 120 valence electrons. The van der Waals surface area contributed by atoms with Gasteiger partial charge in [0.25, 0.3) is 0 Å². The van der Waals surface area contributed by atoms with E-state index in [1.54, 1.807) is 0 Å². The topological polar surface area (TPSA) is 69.6 Å². The SMILES string of the molecule is CC1CCCC1NC(=O)N1CCC(C(=O)O)(C(F)(F)F)C1. The van der Waals surface area contributed by atoms with Crippen LogP contribution in [0.3, 0.4) is 0 Å². The fourth-order valence-electron chi connectivity index (χ4n) is 3.12. The molecule has 1 saturated carbocycles. The van der Waals surface area contributed by atoms with Crippen LogP contribution in [0.1, 0.15) is 32.6 Å². The lowest BCUT2D eigenvalue weighted by molar-refractivity contribution is -0.226. The number of likely N-dealkylation sites (tertiary alicyclic amines) is 1. The largest absolute Gasteiger partial charge is 0.481 e. The maximum absolute atomic E-state index is 13.0. The summed E-state index contributed by atoms with van der Waals surface area (Å²) in [4.78, 5) is 24.1. The van der Waals surface area contributed by atoms with Crippen LogP contribution in [-0.4, -0.2) is 47.3 Å². The molecule has 0 aromatic carbocycles. The number of nitrogens with zero attached hydrogens (tertiary/aromatic N) is 1. The summed E-state index contributed by atoms with van der Waals surface area (Å²) in [7, 11) is 0. The van der Waals surface area contributed by atoms with Gasteiger partial charge in [0, 0.05) is 19.1 Å². The summed E-state index contributed by atoms with van der Waals surface area (Å²) in [6.07, 6.45) is -2.70. The van der Waals surface area contributed by atoms with Crippen LogP contribution in [0, 0.1) is 11.3 Å². The number of aliphatic carboxylic acids is 1. The molecule has 5 nitrogen and oxygen atoms in total. The van der Waals surface area contributed by atoms with Crippen LogP contribution in [-0.2, 0) is 4.79 Å². The third-order valence-corrected chi connectivity index (χ3v) is 4.68. The smallest absolute Gasteiger partial charge is 0.406 e. The van der Waals surface area contributed by atoms with Gasteiger partial charge in [0.15, 0.2) is 5.41 Å². The molecule has 3 unspecified atom stereocenters. The van der Waals surface area contributed by atoms with Crippen molar-refractivity contribution in [3.05, 3.63) is 0 Å². The summed E-state index contributed by atoms with van der Waals surface area (Å²) in [5, 5.41) is 11.7. The third-order valence-electron chi connectivity index (χ3n) is 4.68. The first-order valence-electron chi connectivity index (χ1n) is 7.03. The van der Waals surface area contributed by atoms with E-state index in [1.165, 1.54) is 0 Å². The highest BCUT2D eigenvalue weighted by Crippen LogP contribution is 2.45. The highest BCUT2D eigenvalue weighted by atomic mass is 19.4. The molecule has 2 rings (SSSR count). The number of hydrogen-bond acceptors (Lipinski definition) is 2. The zero-order valence-corrected chi connectivity index (χ0v) is 11.7. The lowest BCUT2D eigenvalue weighted by Gasteiger charge is -2.28. The Bertz CT molecular complexity index is 441. The van der Waals surface area contributed by atoms with E-state index in [4.69, 9.17) is 5.11 Å². The predicted molar refractivity (Wildman–Crippen MR) is 67.6 cm³/mol. The highest BCUT2D eigenvalue weighted by Gasteiger charge is 2.64. The minimum Gasteiger partial charge on any atom is -0.481 e. The zero-order chi connectivity index (χ0) is 15.8. The quantitative estimate of drug-likeness (QED) is 0.822. The van der Waals surface area contributed by atoms with Crippen molar-refractivity contribution in [1.82, 2.24) is 10.2 Å². The van der Waals surface area contributed by atoms with E-state index in [2.05, 4.69) is 5.32 Å². The van der Waals surface area contributed by atoms with Gasteiger partial charge in [-0.3, -0.25) is 4.79 Å². The number of carbonyl (C=O) groups excluding carboxylic acids is 1. The number of carboxylic acid groups (broad SMARTS) is 1. The Balaban J connectivity index is 2.03. The second kappa shape index (κ2) is 5.38. The van der Waals surface area contributed by atoms with E-state index in [-0.39, 0.29) is 12.6 Å². The third kappa shape index (κ3) is 2.80. The second-order valence-electron chi connectivity index (χ2n) is 6.02. The van der Waals surface area contributed by atoms with E-state index in [1.807, 2.05) is 6.92 Å². The Morgan fingerprint density at radius 1 is 1.33 bits per heavy atom. The number of carbonyl (C=O) groups is 2. The lowest BCUT2D eigenvalue weighted by atomic mass is 9.86. The Morgan fingerprint density at radius 3 is 2.43 bits per heavy atom. The van der Waals surface area contributed by atoms with Gasteiger partial charge in [0.2, 0.25) is 0 Å². The zero-order valence-electron chi connectivity index (χ0n) is 11.7. The summed E-state index contributed by atoms with van der Waals surface area (Å²) >= 11 is 0. The molecule has 1 aliphatic heterocycles. The molecule has 3 atom stereocenters. The van der Waals surface area contributed by atoms with Crippen LogP contribution in [0.5, 0.6) is 0 Å². The number of urea groups is 1. The molecule has 1 saturated heterocycles. The number of rotatable bonds is 2. The Labute approximate surface area is 120 Å². The van der Waals surface area contributed by atoms with Gasteiger partial charge in [-0.05, 0) is 25.2 Å². The van der Waals surface area contributed by atoms with Gasteiger partial charge in [-0.15, -0.1) is 0 Å². The van der Waals surface area contributed by atoms with Crippen molar-refractivity contribution < 1.29 is 27.9 Å². The van der Waals surface area contributed by atoms with Crippen molar-refractivity contribution >= 4 is 12.0 Å². The van der Waals surface area contributed by atoms with Crippen molar-refractivity contribution in [2.75, 3.05) is 13.1 Å². The fraction of sp³-hybridized carbons (Fsp3) is 0.846. The standard InChI is InChI=1S/C13H19F3N2O3/c1-8-3-2-4-9(8)17-11(21)18-6-5-12(7-18,10(19)20)13(14,15)16/h8-9H,2-7H2,1H3,(H,17,21)(H,19,20). The first-order chi connectivity index (χ1) is 9.67. The van der Waals surface area contributed by atoms with Crippen molar-refractivity contribution in [1.29, 1.82) is 0 Å². The van der Waals surface area contributed by atoms with Crippen LogP contribution in [0.25, 0.3) is 0 Å². The molecule has 0 spiro atoms. The molecule has 8 heteroatoms. The van der Waals surface area contributed by atoms with Crippen molar-refractivity contribution in [2.45, 2.75) is 44.8 Å². The average molecular weight is 308 g/mol. The molecule has 1 aliphatic carbocycles. The number of amides is 2. The molecule has 0 radical (unpaired) electrons. The van der Waals surface area contributed by atoms with Crippen LogP contribution < -0.4 is 5.32 Å². The molecule has 0 aromatic heterocycles. The minimum absolute atomic E-state index is 0.0387. The molecule has 2 N–H and O–H groups in total. The van der Waals surface area contributed by atoms with Gasteiger partial charge in [-0.25, -0.2) is 4.79 Å². The van der Waals surface area contributed by atoms with Gasteiger partial charge >= 0.3 is 18.2 Å². The molecule has 2 amide bonds. The van der Waals surface area contributed by atoms with Crippen LogP contribution in [0.2, 0.25) is 0 Å². The minimum atomic E-state index is -4.87. The molecule has 1 heterocycles. The van der Waals surface area contributed by atoms with Gasteiger partial charge in [0.05, 0.1) is 0 Å². The van der Waals surface area contributed by atoms with E-state index in [9.17, 15) is 22.8 Å². The predicted octanol–water partition coefficient (Wildman–Crippen LogP) is 2.22. The second-order valence-corrected chi connectivity index (χ2v) is 6.02. The molecule has 2 aliphatic rings. The van der Waals surface area contributed by atoms with Crippen LogP contribution >= 0.6 is 0 Å². The Kier molecular flexibility index (Phi) is 4.08. The maximum atomic E-state index is 13.0. The first kappa shape index (κ1) is 15.9. The molecule has 2 fully saturated rings. The van der Waals surface area contributed by atoms with Gasteiger partial charge in [-0.1, -0.05) is 13.3 Å². The summed E-state index contributed by atoms with van der Waals surface area (Å²) in [6, 6.07) is -0.635. The normalized spacial score (nSPS) is 33.2. The van der Waals surface area contributed by atoms with Gasteiger partial charge in [0.1, 0.15) is 0 Å². The number of nitrogens with one attached hydrogen (secondary N) is 1. The molecule has 21 heavy (non-hydrogen) atoms. The average Bonchev–Trinajstić information content (AvgIpc) is 2.96. The van der Waals surface area contributed by atoms with Crippen molar-refractivity contribution in [2.24, 2.45) is 11.3 Å². The number of alkyl halides is 3. The lowest BCUT2D eigenvalue weighted by Crippen LogP contribution is -2.50. The first-order valence-corrected chi connectivity index (χ1v) is 7.03. The van der Waals surface area contributed by atoms with E-state index < -0.39 is 36.6 Å². The summed E-state index contributed by atoms with van der Waals surface area (Å²) in [5.74, 6) is -1.62. The molecule has 0 aromatic rings. The van der Waals surface area contributed by atoms with Crippen LogP contribution in [0.15, 0.2) is 0 Å². The number of carboxylic acids is 1. The Hall–Kier alpha value is -1.47. The number of halogens is 3. The molecular formula is C13H19F3N2O3. The molecular weight excluding hydrogens is 289 g/mol. The summed E-state index contributed by atoms with van der Waals surface area (Å²) in [6.45, 7) is 0.969. The number of hydrogen-bond donors (Lipinski definition) is 2. The van der Waals surface area contributed by atoms with E-state index >= 15 is 0 Å². The summed E-state index contributed by atoms with van der Waals surface area (Å²) in [5.41, 5.74) is -2.84. The maximum Gasteiger partial charge on any atom is 0.406 e. The van der Waals surface area contributed by atoms with Gasteiger partial charge in [-0.2, -0.15) is 13.2 Å². The fourth-order valence-corrected chi connectivity index (χ4v) is 3.12. The van der Waals surface area contributed by atoms with E-state index in [0.717, 1.165) is 24.2 Å². The van der Waals surface area contributed by atoms with Crippen molar-refractivity contribution in [3.63, 3.8) is 0 Å².